The lowest BCUT2D eigenvalue weighted by atomic mass is 10.1. The minimum atomic E-state index is -0.331. The predicted molar refractivity (Wildman–Crippen MR) is 111 cm³/mol. The van der Waals surface area contributed by atoms with Gasteiger partial charge in [0.15, 0.2) is 5.76 Å². The zero-order valence-electron chi connectivity index (χ0n) is 17.3. The van der Waals surface area contributed by atoms with Crippen LogP contribution in [0.4, 0.5) is 0 Å². The molecule has 0 bridgehead atoms. The molecule has 0 aliphatic rings. The maximum absolute atomic E-state index is 12.6. The van der Waals surface area contributed by atoms with Crippen molar-refractivity contribution in [3.8, 4) is 0 Å². The second-order valence-corrected chi connectivity index (χ2v) is 6.10. The SMILES string of the molecule is C/C=C\O/C(=C/CC)C(N=C(N)/C(=C/CC)C(=O)NCc1ccno1)=C(C)C. The molecule has 0 atom stereocenters. The molecule has 152 valence electrons. The van der Waals surface area contributed by atoms with Gasteiger partial charge < -0.3 is 20.3 Å². The van der Waals surface area contributed by atoms with E-state index in [2.05, 4.69) is 15.5 Å². The molecule has 0 aliphatic heterocycles. The van der Waals surface area contributed by atoms with E-state index in [0.29, 0.717) is 29.2 Å². The van der Waals surface area contributed by atoms with Gasteiger partial charge in [-0.15, -0.1) is 0 Å². The number of hydrogen-bond donors (Lipinski definition) is 2. The highest BCUT2D eigenvalue weighted by atomic mass is 16.5. The van der Waals surface area contributed by atoms with Gasteiger partial charge in [0.05, 0.1) is 24.6 Å². The van der Waals surface area contributed by atoms with Crippen LogP contribution in [0.15, 0.2) is 68.9 Å². The van der Waals surface area contributed by atoms with Crippen molar-refractivity contribution < 1.29 is 14.1 Å². The molecule has 0 fully saturated rings. The van der Waals surface area contributed by atoms with Gasteiger partial charge >= 0.3 is 0 Å². The van der Waals surface area contributed by atoms with Gasteiger partial charge in [0.25, 0.3) is 5.91 Å². The van der Waals surface area contributed by atoms with E-state index in [1.165, 1.54) is 6.20 Å². The number of ether oxygens (including phenoxy) is 1. The first kappa shape index (κ1) is 23.0. The summed E-state index contributed by atoms with van der Waals surface area (Å²) in [4.78, 5) is 17.1. The molecule has 1 heterocycles. The average molecular weight is 386 g/mol. The van der Waals surface area contributed by atoms with Crippen molar-refractivity contribution in [1.82, 2.24) is 10.5 Å². The van der Waals surface area contributed by atoms with Crippen molar-refractivity contribution in [2.24, 2.45) is 10.7 Å². The van der Waals surface area contributed by atoms with Crippen molar-refractivity contribution in [3.63, 3.8) is 0 Å². The van der Waals surface area contributed by atoms with E-state index in [4.69, 9.17) is 15.0 Å². The van der Waals surface area contributed by atoms with Crippen LogP contribution in [-0.2, 0) is 16.1 Å². The smallest absolute Gasteiger partial charge is 0.255 e. The number of nitrogens with two attached hydrogens (primary N) is 1. The lowest BCUT2D eigenvalue weighted by molar-refractivity contribution is -0.117. The third kappa shape index (κ3) is 7.26. The molecule has 0 spiro atoms. The quantitative estimate of drug-likeness (QED) is 0.207. The first-order valence-electron chi connectivity index (χ1n) is 9.32. The summed E-state index contributed by atoms with van der Waals surface area (Å²) in [6.45, 7) is 9.85. The van der Waals surface area contributed by atoms with E-state index in [-0.39, 0.29) is 18.3 Å². The molecule has 28 heavy (non-hydrogen) atoms. The van der Waals surface area contributed by atoms with Crippen LogP contribution in [0.25, 0.3) is 0 Å². The van der Waals surface area contributed by atoms with Crippen LogP contribution >= 0.6 is 0 Å². The van der Waals surface area contributed by atoms with E-state index < -0.39 is 0 Å². The van der Waals surface area contributed by atoms with Crippen molar-refractivity contribution in [2.45, 2.75) is 54.0 Å². The molecular formula is C21H30N4O3. The van der Waals surface area contributed by atoms with Crippen molar-refractivity contribution in [2.75, 3.05) is 0 Å². The number of aliphatic imine (C=N–C) groups is 1. The Balaban J connectivity index is 3.13. The number of rotatable bonds is 10. The summed E-state index contributed by atoms with van der Waals surface area (Å²) in [5.41, 5.74) is 8.03. The van der Waals surface area contributed by atoms with Crippen LogP contribution in [0.3, 0.4) is 0 Å². The van der Waals surface area contributed by atoms with Crippen LogP contribution < -0.4 is 11.1 Å². The van der Waals surface area contributed by atoms with Gasteiger partial charge in [-0.1, -0.05) is 31.2 Å². The third-order valence-electron chi connectivity index (χ3n) is 3.50. The molecule has 0 aliphatic carbocycles. The number of nitrogens with one attached hydrogen (secondary N) is 1. The predicted octanol–water partition coefficient (Wildman–Crippen LogP) is 4.12. The molecule has 0 saturated carbocycles. The Hall–Kier alpha value is -3.09. The lowest BCUT2D eigenvalue weighted by Crippen LogP contribution is -2.31. The largest absolute Gasteiger partial charge is 0.463 e. The molecule has 0 saturated heterocycles. The van der Waals surface area contributed by atoms with Crippen LogP contribution in [0, 0.1) is 0 Å². The van der Waals surface area contributed by atoms with Crippen LogP contribution in [0.2, 0.25) is 0 Å². The van der Waals surface area contributed by atoms with E-state index in [1.54, 1.807) is 24.5 Å². The summed E-state index contributed by atoms with van der Waals surface area (Å²) < 4.78 is 10.7. The van der Waals surface area contributed by atoms with Gasteiger partial charge in [-0.3, -0.25) is 4.79 Å². The molecule has 1 aromatic heterocycles. The first-order valence-corrected chi connectivity index (χ1v) is 9.32. The number of carbonyl (C=O) groups excluding carboxylic acids is 1. The van der Waals surface area contributed by atoms with Gasteiger partial charge in [-0.2, -0.15) is 0 Å². The number of nitrogens with zero attached hydrogens (tertiary/aromatic N) is 2. The zero-order chi connectivity index (χ0) is 20.9. The summed E-state index contributed by atoms with van der Waals surface area (Å²) in [5.74, 6) is 0.946. The van der Waals surface area contributed by atoms with Gasteiger partial charge in [0.2, 0.25) is 0 Å². The van der Waals surface area contributed by atoms with E-state index in [1.807, 2.05) is 40.7 Å². The highest BCUT2D eigenvalue weighted by Crippen LogP contribution is 2.20. The van der Waals surface area contributed by atoms with Crippen LogP contribution in [0.1, 0.15) is 53.2 Å². The summed E-state index contributed by atoms with van der Waals surface area (Å²) in [6, 6.07) is 1.68. The molecule has 0 radical (unpaired) electrons. The number of amides is 1. The second-order valence-electron chi connectivity index (χ2n) is 6.10. The minimum absolute atomic E-state index is 0.124. The monoisotopic (exact) mass is 386 g/mol. The number of carbonyl (C=O) groups is 1. The Bertz CT molecular complexity index is 781. The normalized spacial score (nSPS) is 13.0. The third-order valence-corrected chi connectivity index (χ3v) is 3.50. The highest BCUT2D eigenvalue weighted by Gasteiger charge is 2.16. The fourth-order valence-corrected chi connectivity index (χ4v) is 2.23. The Morgan fingerprint density at radius 1 is 1.32 bits per heavy atom. The molecule has 0 aromatic carbocycles. The number of allylic oxidation sites excluding steroid dienone is 4. The molecule has 1 amide bonds. The van der Waals surface area contributed by atoms with Gasteiger partial charge in [-0.05, 0) is 45.3 Å². The van der Waals surface area contributed by atoms with Gasteiger partial charge in [-0.25, -0.2) is 4.99 Å². The topological polar surface area (TPSA) is 103 Å². The summed E-state index contributed by atoms with van der Waals surface area (Å²) in [5, 5.41) is 6.38. The Labute approximate surface area is 166 Å². The second kappa shape index (κ2) is 12.3. The molecule has 7 heteroatoms. The van der Waals surface area contributed by atoms with Crippen LogP contribution in [0.5, 0.6) is 0 Å². The minimum Gasteiger partial charge on any atom is -0.463 e. The van der Waals surface area contributed by atoms with E-state index >= 15 is 0 Å². The number of hydrogen-bond acceptors (Lipinski definition) is 5. The Morgan fingerprint density at radius 2 is 2.04 bits per heavy atom. The summed E-state index contributed by atoms with van der Waals surface area (Å²) in [6.07, 6.45) is 9.97. The maximum Gasteiger partial charge on any atom is 0.255 e. The van der Waals surface area contributed by atoms with Gasteiger partial charge in [0.1, 0.15) is 17.3 Å². The van der Waals surface area contributed by atoms with Crippen LogP contribution in [-0.4, -0.2) is 16.9 Å². The van der Waals surface area contributed by atoms with Gasteiger partial charge in [0, 0.05) is 6.07 Å². The van der Waals surface area contributed by atoms with E-state index in [0.717, 1.165) is 12.0 Å². The van der Waals surface area contributed by atoms with E-state index in [9.17, 15) is 4.79 Å². The first-order chi connectivity index (χ1) is 13.4. The van der Waals surface area contributed by atoms with Crippen molar-refractivity contribution >= 4 is 11.7 Å². The number of amidine groups is 1. The molecule has 0 unspecified atom stereocenters. The lowest BCUT2D eigenvalue weighted by Gasteiger charge is -2.12. The standard InChI is InChI=1S/C21H30N4O3/c1-6-9-17(21(26)23-14-16-11-12-24-28-16)20(22)25-19(15(4)5)18(10-7-2)27-13-8-3/h8-13H,6-7,14H2,1-5H3,(H2,22,25)(H,23,26)/b13-8-,17-9-,18-10+. The number of aromatic nitrogens is 1. The summed E-state index contributed by atoms with van der Waals surface area (Å²) >= 11 is 0. The Morgan fingerprint density at radius 3 is 2.57 bits per heavy atom. The molecule has 7 nitrogen and oxygen atoms in total. The Kier molecular flexibility index (Phi) is 10.1. The zero-order valence-corrected chi connectivity index (χ0v) is 17.3. The maximum atomic E-state index is 12.6. The van der Waals surface area contributed by atoms with Crippen molar-refractivity contribution in [3.05, 3.63) is 65.1 Å². The highest BCUT2D eigenvalue weighted by molar-refractivity contribution is 6.20. The average Bonchev–Trinajstić information content (AvgIpc) is 3.19. The molecular weight excluding hydrogens is 356 g/mol. The molecule has 1 aromatic rings. The fourth-order valence-electron chi connectivity index (χ4n) is 2.23. The fraction of sp³-hybridized carbons (Fsp3) is 0.381. The van der Waals surface area contributed by atoms with Crippen molar-refractivity contribution in [1.29, 1.82) is 0 Å². The summed E-state index contributed by atoms with van der Waals surface area (Å²) in [7, 11) is 0. The molecule has 1 rings (SSSR count). The molecule has 3 N–H and O–H groups in total.